The zero-order valence-electron chi connectivity index (χ0n) is 31.0. The monoisotopic (exact) mass is 725 g/mol. The molecule has 8 aromatic carbocycles. The summed E-state index contributed by atoms with van der Waals surface area (Å²) < 4.78 is 2.40. The molecule has 0 unspecified atom stereocenters. The smallest absolute Gasteiger partial charge is 0.0726 e. The van der Waals surface area contributed by atoms with Gasteiger partial charge in [0.2, 0.25) is 0 Å². The molecular weight excluding hydrogens is 691 g/mol. The normalized spacial score (nSPS) is 13.1. The molecule has 0 atom stereocenters. The topological polar surface area (TPSA) is 21.1 Å². The lowest BCUT2D eigenvalue weighted by molar-refractivity contribution is 0.793. The summed E-state index contributed by atoms with van der Waals surface area (Å²) in [5, 5.41) is 2.47. The molecule has 12 rings (SSSR count). The van der Waals surface area contributed by atoms with Gasteiger partial charge in [-0.2, -0.15) is 0 Å². The molecule has 0 N–H and O–H groups in total. The Hall–Kier alpha value is -7.49. The van der Waals surface area contributed by atoms with E-state index in [2.05, 4.69) is 215 Å². The first-order valence-corrected chi connectivity index (χ1v) is 19.6. The molecular formula is C54H35N3. The Labute approximate surface area is 331 Å². The summed E-state index contributed by atoms with van der Waals surface area (Å²) >= 11 is 0. The van der Waals surface area contributed by atoms with Crippen molar-refractivity contribution in [3.8, 4) is 39.1 Å². The summed E-state index contributed by atoms with van der Waals surface area (Å²) in [6, 6.07) is 73.8. The van der Waals surface area contributed by atoms with Gasteiger partial charge in [0.15, 0.2) is 0 Å². The van der Waals surface area contributed by atoms with Crippen LogP contribution in [-0.2, 0) is 5.41 Å². The van der Waals surface area contributed by atoms with Crippen molar-refractivity contribution in [2.75, 3.05) is 4.90 Å². The van der Waals surface area contributed by atoms with Crippen LogP contribution in [0.1, 0.15) is 22.3 Å². The number of hydrogen-bond acceptors (Lipinski definition) is 2. The fraction of sp³-hybridized carbons (Fsp3) is 0.0185. The molecule has 1 spiro atoms. The molecule has 2 aliphatic rings. The van der Waals surface area contributed by atoms with E-state index in [1.54, 1.807) is 0 Å². The third kappa shape index (κ3) is 4.51. The fourth-order valence-corrected chi connectivity index (χ4v) is 9.97. The van der Waals surface area contributed by atoms with Crippen molar-refractivity contribution in [1.29, 1.82) is 0 Å². The van der Waals surface area contributed by atoms with E-state index < -0.39 is 5.41 Å². The van der Waals surface area contributed by atoms with Gasteiger partial charge in [-0.1, -0.05) is 133 Å². The summed E-state index contributed by atoms with van der Waals surface area (Å²) in [4.78, 5) is 6.69. The van der Waals surface area contributed by atoms with Crippen molar-refractivity contribution < 1.29 is 0 Å². The SMILES string of the molecule is c1ccc(-n2c3ccccc3c3ccc(N(c4ccc(-c5ccncc5)cc4)c4ccc5c(c4)C4(c6ccccc6-c6ccccc64)c4ccccc4-5)cc32)cc1. The van der Waals surface area contributed by atoms with E-state index in [9.17, 15) is 0 Å². The van der Waals surface area contributed by atoms with Crippen LogP contribution < -0.4 is 4.90 Å². The highest BCUT2D eigenvalue weighted by molar-refractivity contribution is 6.10. The second kappa shape index (κ2) is 12.3. The van der Waals surface area contributed by atoms with Crippen molar-refractivity contribution in [3.05, 3.63) is 235 Å². The third-order valence-corrected chi connectivity index (χ3v) is 12.3. The minimum absolute atomic E-state index is 0.435. The van der Waals surface area contributed by atoms with Crippen LogP contribution in [0.5, 0.6) is 0 Å². The van der Waals surface area contributed by atoms with Crippen molar-refractivity contribution >= 4 is 38.9 Å². The first-order valence-electron chi connectivity index (χ1n) is 19.6. The molecule has 0 bridgehead atoms. The first-order chi connectivity index (χ1) is 28.3. The molecule has 266 valence electrons. The molecule has 0 fully saturated rings. The number of aromatic nitrogens is 2. The van der Waals surface area contributed by atoms with Crippen LogP contribution in [0, 0.1) is 0 Å². The average Bonchev–Trinajstić information content (AvgIpc) is 3.89. The number of hydrogen-bond donors (Lipinski definition) is 0. The Morgan fingerprint density at radius 1 is 0.368 bits per heavy atom. The predicted octanol–water partition coefficient (Wildman–Crippen LogP) is 13.7. The van der Waals surface area contributed by atoms with Gasteiger partial charge in [0, 0.05) is 45.9 Å². The largest absolute Gasteiger partial charge is 0.310 e. The van der Waals surface area contributed by atoms with Gasteiger partial charge >= 0.3 is 0 Å². The van der Waals surface area contributed by atoms with Crippen LogP contribution in [0.2, 0.25) is 0 Å². The van der Waals surface area contributed by atoms with Crippen molar-refractivity contribution in [3.63, 3.8) is 0 Å². The van der Waals surface area contributed by atoms with Gasteiger partial charge in [-0.3, -0.25) is 4.98 Å². The Morgan fingerprint density at radius 3 is 1.56 bits per heavy atom. The number of fused-ring (bicyclic) bond motifs is 13. The molecule has 2 aromatic heterocycles. The van der Waals surface area contributed by atoms with Gasteiger partial charge in [-0.05, 0) is 122 Å². The van der Waals surface area contributed by atoms with Gasteiger partial charge in [0.1, 0.15) is 0 Å². The predicted molar refractivity (Wildman–Crippen MR) is 235 cm³/mol. The van der Waals surface area contributed by atoms with Gasteiger partial charge in [-0.25, -0.2) is 0 Å². The number of rotatable bonds is 5. The maximum atomic E-state index is 4.26. The molecule has 2 heterocycles. The van der Waals surface area contributed by atoms with E-state index in [4.69, 9.17) is 0 Å². The molecule has 3 heteroatoms. The van der Waals surface area contributed by atoms with Crippen molar-refractivity contribution in [2.45, 2.75) is 5.41 Å². The van der Waals surface area contributed by atoms with Crippen LogP contribution in [0.4, 0.5) is 17.1 Å². The number of benzene rings is 8. The van der Waals surface area contributed by atoms with Crippen LogP contribution in [0.25, 0.3) is 60.9 Å². The Morgan fingerprint density at radius 2 is 0.877 bits per heavy atom. The molecule has 0 saturated heterocycles. The van der Waals surface area contributed by atoms with E-state index in [0.29, 0.717) is 0 Å². The molecule has 0 saturated carbocycles. The minimum atomic E-state index is -0.435. The summed E-state index contributed by atoms with van der Waals surface area (Å²) in [6.07, 6.45) is 3.71. The Kier molecular flexibility index (Phi) is 6.84. The lowest BCUT2D eigenvalue weighted by Crippen LogP contribution is -2.26. The number of pyridine rings is 1. The van der Waals surface area contributed by atoms with Gasteiger partial charge in [-0.15, -0.1) is 0 Å². The second-order valence-corrected chi connectivity index (χ2v) is 15.1. The van der Waals surface area contributed by atoms with Crippen LogP contribution >= 0.6 is 0 Å². The van der Waals surface area contributed by atoms with E-state index in [0.717, 1.165) is 33.9 Å². The van der Waals surface area contributed by atoms with E-state index >= 15 is 0 Å². The van der Waals surface area contributed by atoms with Crippen molar-refractivity contribution in [1.82, 2.24) is 9.55 Å². The molecule has 3 nitrogen and oxygen atoms in total. The van der Waals surface area contributed by atoms with Crippen molar-refractivity contribution in [2.24, 2.45) is 0 Å². The molecule has 57 heavy (non-hydrogen) atoms. The molecule has 10 aromatic rings. The standard InChI is InChI=1S/C54H35N3/c1-2-12-38(13-3-1)57-52-21-11-7-17-46(52)47-29-27-41(35-53(47)57)56(39-24-22-36(23-25-39)37-30-32-55-33-31-37)40-26-28-45-44-16-6-10-20-50(44)54(51(45)34-40)48-18-8-4-14-42(48)43-15-5-9-19-49(43)54/h1-35H. The van der Waals surface area contributed by atoms with Gasteiger partial charge in [0.25, 0.3) is 0 Å². The summed E-state index contributed by atoms with van der Waals surface area (Å²) in [6.45, 7) is 0. The van der Waals surface area contributed by atoms with Crippen LogP contribution in [0.3, 0.4) is 0 Å². The zero-order valence-corrected chi connectivity index (χ0v) is 31.0. The maximum absolute atomic E-state index is 4.26. The number of nitrogens with zero attached hydrogens (tertiary/aromatic N) is 3. The number of para-hydroxylation sites is 2. The first kappa shape index (κ1) is 31.8. The summed E-state index contributed by atoms with van der Waals surface area (Å²) in [7, 11) is 0. The highest BCUT2D eigenvalue weighted by atomic mass is 15.1. The second-order valence-electron chi connectivity index (χ2n) is 15.1. The highest BCUT2D eigenvalue weighted by Gasteiger charge is 2.51. The van der Waals surface area contributed by atoms with Crippen LogP contribution in [0.15, 0.2) is 213 Å². The van der Waals surface area contributed by atoms with Gasteiger partial charge < -0.3 is 9.47 Å². The Balaban J connectivity index is 1.12. The lowest BCUT2D eigenvalue weighted by atomic mass is 9.70. The fourth-order valence-electron chi connectivity index (χ4n) is 9.97. The Bertz CT molecular complexity index is 3110. The quantitative estimate of drug-likeness (QED) is 0.176. The molecule has 2 aliphatic carbocycles. The van der Waals surface area contributed by atoms with E-state index in [1.807, 2.05) is 12.4 Å². The molecule has 0 radical (unpaired) electrons. The molecule has 0 amide bonds. The number of anilines is 3. The minimum Gasteiger partial charge on any atom is -0.310 e. The molecule has 0 aliphatic heterocycles. The highest BCUT2D eigenvalue weighted by Crippen LogP contribution is 2.63. The lowest BCUT2D eigenvalue weighted by Gasteiger charge is -2.32. The third-order valence-electron chi connectivity index (χ3n) is 12.3. The average molecular weight is 726 g/mol. The maximum Gasteiger partial charge on any atom is 0.0726 e. The summed E-state index contributed by atoms with van der Waals surface area (Å²) in [5.41, 5.74) is 19.2. The van der Waals surface area contributed by atoms with E-state index in [-0.39, 0.29) is 0 Å². The van der Waals surface area contributed by atoms with E-state index in [1.165, 1.54) is 66.3 Å². The van der Waals surface area contributed by atoms with Gasteiger partial charge in [0.05, 0.1) is 16.4 Å². The van der Waals surface area contributed by atoms with Crippen LogP contribution in [-0.4, -0.2) is 9.55 Å². The zero-order chi connectivity index (χ0) is 37.5. The summed E-state index contributed by atoms with van der Waals surface area (Å²) in [5.74, 6) is 0.